The molecule has 1 aromatic rings. The highest BCUT2D eigenvalue weighted by atomic mass is 16.5. The summed E-state index contributed by atoms with van der Waals surface area (Å²) in [5.41, 5.74) is 0.703. The molecule has 23 heavy (non-hydrogen) atoms. The molecule has 0 bridgehead atoms. The summed E-state index contributed by atoms with van der Waals surface area (Å²) in [4.78, 5) is 17.5. The highest BCUT2D eigenvalue weighted by molar-refractivity contribution is 5.95. The van der Waals surface area contributed by atoms with Crippen molar-refractivity contribution >= 4 is 5.91 Å². The Hall–Kier alpha value is -1.59. The Labute approximate surface area is 138 Å². The lowest BCUT2D eigenvalue weighted by Gasteiger charge is -2.41. The van der Waals surface area contributed by atoms with Gasteiger partial charge in [-0.3, -0.25) is 4.79 Å². The van der Waals surface area contributed by atoms with Crippen LogP contribution in [0, 0.1) is 5.92 Å². The van der Waals surface area contributed by atoms with E-state index in [0.717, 1.165) is 38.3 Å². The fourth-order valence-electron chi connectivity index (χ4n) is 3.96. The third-order valence-corrected chi connectivity index (χ3v) is 5.27. The Bertz CT molecular complexity index is 563. The summed E-state index contributed by atoms with van der Waals surface area (Å²) in [7, 11) is 3.41. The first-order chi connectivity index (χ1) is 11.2. The quantitative estimate of drug-likeness (QED) is 0.850. The summed E-state index contributed by atoms with van der Waals surface area (Å²) >= 11 is 0. The van der Waals surface area contributed by atoms with Crippen LogP contribution in [0.4, 0.5) is 0 Å². The summed E-state index contributed by atoms with van der Waals surface area (Å²) in [6.07, 6.45) is 1.16. The smallest absolute Gasteiger partial charge is 0.254 e. The number of rotatable bonds is 4. The SMILES string of the molecule is CCN1C[C@H]2[C@@H](OC)CCN(C(=O)c3cccc(OC)c3)[C@H]2C1. The van der Waals surface area contributed by atoms with Crippen LogP contribution in [-0.2, 0) is 4.74 Å². The molecular weight excluding hydrogens is 292 g/mol. The van der Waals surface area contributed by atoms with Gasteiger partial charge in [-0.25, -0.2) is 0 Å². The minimum atomic E-state index is 0.103. The predicted molar refractivity (Wildman–Crippen MR) is 88.8 cm³/mol. The topological polar surface area (TPSA) is 42.0 Å². The summed E-state index contributed by atoms with van der Waals surface area (Å²) in [5.74, 6) is 1.23. The molecule has 2 heterocycles. The first-order valence-corrected chi connectivity index (χ1v) is 8.38. The largest absolute Gasteiger partial charge is 0.497 e. The molecule has 126 valence electrons. The van der Waals surface area contributed by atoms with E-state index in [1.807, 2.05) is 29.2 Å². The van der Waals surface area contributed by atoms with Crippen LogP contribution < -0.4 is 4.74 Å². The summed E-state index contributed by atoms with van der Waals surface area (Å²) in [6.45, 7) is 5.91. The zero-order valence-corrected chi connectivity index (χ0v) is 14.2. The maximum absolute atomic E-state index is 13.0. The van der Waals surface area contributed by atoms with Gasteiger partial charge in [0.2, 0.25) is 0 Å². The van der Waals surface area contributed by atoms with E-state index in [0.29, 0.717) is 11.5 Å². The van der Waals surface area contributed by atoms with Crippen molar-refractivity contribution in [2.75, 3.05) is 40.4 Å². The lowest BCUT2D eigenvalue weighted by molar-refractivity contribution is -0.0156. The summed E-state index contributed by atoms with van der Waals surface area (Å²) < 4.78 is 10.9. The lowest BCUT2D eigenvalue weighted by Crippen LogP contribution is -2.53. The van der Waals surface area contributed by atoms with Crippen molar-refractivity contribution in [3.63, 3.8) is 0 Å². The number of ether oxygens (including phenoxy) is 2. The van der Waals surface area contributed by atoms with E-state index in [9.17, 15) is 4.79 Å². The zero-order chi connectivity index (χ0) is 16.4. The Kier molecular flexibility index (Phi) is 4.87. The van der Waals surface area contributed by atoms with Gasteiger partial charge in [-0.15, -0.1) is 0 Å². The minimum Gasteiger partial charge on any atom is -0.497 e. The van der Waals surface area contributed by atoms with Crippen LogP contribution in [-0.4, -0.2) is 68.3 Å². The molecule has 0 spiro atoms. The number of hydrogen-bond donors (Lipinski definition) is 0. The summed E-state index contributed by atoms with van der Waals surface area (Å²) in [6, 6.07) is 7.68. The molecule has 0 aliphatic carbocycles. The second-order valence-corrected chi connectivity index (χ2v) is 6.38. The van der Waals surface area contributed by atoms with E-state index in [2.05, 4.69) is 11.8 Å². The van der Waals surface area contributed by atoms with Crippen LogP contribution >= 0.6 is 0 Å². The molecule has 0 saturated carbocycles. The molecule has 5 nitrogen and oxygen atoms in total. The van der Waals surface area contributed by atoms with Gasteiger partial charge in [0.05, 0.1) is 19.3 Å². The number of amides is 1. The normalized spacial score (nSPS) is 27.8. The molecule has 2 saturated heterocycles. The van der Waals surface area contributed by atoms with Crippen molar-refractivity contribution in [1.82, 2.24) is 9.80 Å². The number of nitrogens with zero attached hydrogens (tertiary/aromatic N) is 2. The van der Waals surface area contributed by atoms with Gasteiger partial charge in [0.1, 0.15) is 5.75 Å². The molecule has 0 unspecified atom stereocenters. The van der Waals surface area contributed by atoms with Crippen molar-refractivity contribution in [1.29, 1.82) is 0 Å². The van der Waals surface area contributed by atoms with Gasteiger partial charge < -0.3 is 19.3 Å². The Morgan fingerprint density at radius 1 is 1.30 bits per heavy atom. The van der Waals surface area contributed by atoms with Gasteiger partial charge in [0.25, 0.3) is 5.91 Å². The molecule has 2 aliphatic heterocycles. The molecular formula is C18H26N2O3. The van der Waals surface area contributed by atoms with Crippen LogP contribution in [0.15, 0.2) is 24.3 Å². The molecule has 0 N–H and O–H groups in total. The van der Waals surface area contributed by atoms with Crippen molar-refractivity contribution in [2.24, 2.45) is 5.92 Å². The van der Waals surface area contributed by atoms with E-state index in [4.69, 9.17) is 9.47 Å². The van der Waals surface area contributed by atoms with Gasteiger partial charge in [-0.1, -0.05) is 13.0 Å². The van der Waals surface area contributed by atoms with Gasteiger partial charge in [0.15, 0.2) is 0 Å². The number of benzene rings is 1. The van der Waals surface area contributed by atoms with E-state index in [1.165, 1.54) is 0 Å². The Balaban J connectivity index is 1.82. The number of carbonyl (C=O) groups is 1. The monoisotopic (exact) mass is 318 g/mol. The molecule has 0 aromatic heterocycles. The van der Waals surface area contributed by atoms with E-state index < -0.39 is 0 Å². The number of likely N-dealkylation sites (tertiary alicyclic amines) is 2. The molecule has 2 aliphatic rings. The average Bonchev–Trinajstić information content (AvgIpc) is 3.04. The second kappa shape index (κ2) is 6.89. The minimum absolute atomic E-state index is 0.103. The Morgan fingerprint density at radius 2 is 2.13 bits per heavy atom. The van der Waals surface area contributed by atoms with Crippen molar-refractivity contribution < 1.29 is 14.3 Å². The molecule has 2 fully saturated rings. The number of fused-ring (bicyclic) bond motifs is 1. The standard InChI is InChI=1S/C18H26N2O3/c1-4-19-11-15-16(12-19)20(9-8-17(15)23-3)18(21)13-6-5-7-14(10-13)22-2/h5-7,10,15-17H,4,8-9,11-12H2,1-3H3/t15-,16+,17+/m1/s1. The van der Waals surface area contributed by atoms with Gasteiger partial charge in [-0.05, 0) is 31.2 Å². The van der Waals surface area contributed by atoms with Gasteiger partial charge in [0, 0.05) is 38.2 Å². The fraction of sp³-hybridized carbons (Fsp3) is 0.611. The number of hydrogen-bond acceptors (Lipinski definition) is 4. The first kappa shape index (κ1) is 16.3. The van der Waals surface area contributed by atoms with E-state index >= 15 is 0 Å². The molecule has 1 amide bonds. The predicted octanol–water partition coefficient (Wildman–Crippen LogP) is 1.88. The Morgan fingerprint density at radius 3 is 2.83 bits per heavy atom. The maximum Gasteiger partial charge on any atom is 0.254 e. The molecule has 0 radical (unpaired) electrons. The van der Waals surface area contributed by atoms with E-state index in [-0.39, 0.29) is 18.1 Å². The van der Waals surface area contributed by atoms with Crippen molar-refractivity contribution in [2.45, 2.75) is 25.5 Å². The van der Waals surface area contributed by atoms with Crippen LogP contribution in [0.2, 0.25) is 0 Å². The lowest BCUT2D eigenvalue weighted by atomic mass is 9.88. The molecule has 3 atom stereocenters. The molecule has 3 rings (SSSR count). The first-order valence-electron chi connectivity index (χ1n) is 8.38. The van der Waals surface area contributed by atoms with E-state index in [1.54, 1.807) is 14.2 Å². The molecule has 1 aromatic carbocycles. The van der Waals surface area contributed by atoms with Crippen LogP contribution in [0.5, 0.6) is 5.75 Å². The number of carbonyl (C=O) groups excluding carboxylic acids is 1. The highest BCUT2D eigenvalue weighted by Gasteiger charge is 2.45. The van der Waals surface area contributed by atoms with Crippen LogP contribution in [0.25, 0.3) is 0 Å². The van der Waals surface area contributed by atoms with Gasteiger partial charge in [-0.2, -0.15) is 0 Å². The number of methoxy groups -OCH3 is 2. The second-order valence-electron chi connectivity index (χ2n) is 6.38. The molecule has 5 heteroatoms. The van der Waals surface area contributed by atoms with Gasteiger partial charge >= 0.3 is 0 Å². The van der Waals surface area contributed by atoms with Crippen molar-refractivity contribution in [3.05, 3.63) is 29.8 Å². The average molecular weight is 318 g/mol. The fourth-order valence-corrected chi connectivity index (χ4v) is 3.96. The van der Waals surface area contributed by atoms with Crippen molar-refractivity contribution in [3.8, 4) is 5.75 Å². The van der Waals surface area contributed by atoms with Crippen LogP contribution in [0.3, 0.4) is 0 Å². The maximum atomic E-state index is 13.0. The third kappa shape index (κ3) is 3.08. The number of likely N-dealkylation sites (N-methyl/N-ethyl adjacent to an activating group) is 1. The summed E-state index contributed by atoms with van der Waals surface area (Å²) in [5, 5.41) is 0. The third-order valence-electron chi connectivity index (χ3n) is 5.27. The highest BCUT2D eigenvalue weighted by Crippen LogP contribution is 2.33. The zero-order valence-electron chi connectivity index (χ0n) is 14.2. The van der Waals surface area contributed by atoms with Crippen LogP contribution in [0.1, 0.15) is 23.7 Å². The number of piperidine rings is 1.